The van der Waals surface area contributed by atoms with Crippen molar-refractivity contribution in [1.82, 2.24) is 24.4 Å². The molecule has 0 unspecified atom stereocenters. The fraction of sp³-hybridized carbons (Fsp3) is 0.455. The third-order valence-electron chi connectivity index (χ3n) is 2.43. The predicted octanol–water partition coefficient (Wildman–Crippen LogP) is 1.47. The van der Waals surface area contributed by atoms with Crippen molar-refractivity contribution in [2.24, 2.45) is 0 Å². The van der Waals surface area contributed by atoms with Gasteiger partial charge in [0.15, 0.2) is 11.2 Å². The smallest absolute Gasteiger partial charge is 0.389 e. The van der Waals surface area contributed by atoms with E-state index in [9.17, 15) is 4.79 Å². The van der Waals surface area contributed by atoms with Crippen LogP contribution in [0.1, 0.15) is 19.9 Å². The summed E-state index contributed by atoms with van der Waals surface area (Å²) in [6.45, 7) is 4.05. The number of carbonyl (C=O) groups is 1. The second-order valence-corrected chi connectivity index (χ2v) is 4.36. The molecule has 2 rings (SSSR count). The van der Waals surface area contributed by atoms with Gasteiger partial charge in [0.05, 0.1) is 6.33 Å². The van der Waals surface area contributed by atoms with Gasteiger partial charge in [0, 0.05) is 20.1 Å². The molecule has 18 heavy (non-hydrogen) atoms. The summed E-state index contributed by atoms with van der Waals surface area (Å²) in [6, 6.07) is 0.224. The van der Waals surface area contributed by atoms with Crippen molar-refractivity contribution >= 4 is 17.3 Å². The summed E-state index contributed by atoms with van der Waals surface area (Å²) in [6.07, 6.45) is 2.53. The molecule has 0 bridgehead atoms. The molecular weight excluding hydrogens is 234 g/mol. The number of hydrogen-bond donors (Lipinski definition) is 0. The third-order valence-corrected chi connectivity index (χ3v) is 2.43. The highest BCUT2D eigenvalue weighted by molar-refractivity contribution is 5.80. The minimum atomic E-state index is -0.492. The molecule has 0 fully saturated rings. The highest BCUT2D eigenvalue weighted by Crippen LogP contribution is 2.22. The van der Waals surface area contributed by atoms with Gasteiger partial charge >= 0.3 is 6.09 Å². The van der Waals surface area contributed by atoms with Gasteiger partial charge in [-0.25, -0.2) is 14.8 Å². The highest BCUT2D eigenvalue weighted by Gasteiger charge is 2.16. The molecule has 0 radical (unpaired) electrons. The van der Waals surface area contributed by atoms with E-state index >= 15 is 0 Å². The summed E-state index contributed by atoms with van der Waals surface area (Å²) in [5.74, 6) is 0.179. The number of hydrogen-bond acceptors (Lipinski definition) is 5. The average molecular weight is 249 g/mol. The Kier molecular flexibility index (Phi) is 3.14. The maximum Gasteiger partial charge on any atom is 0.416 e. The van der Waals surface area contributed by atoms with Crippen LogP contribution >= 0.6 is 0 Å². The average Bonchev–Trinajstić information content (AvgIpc) is 2.73. The molecule has 2 aromatic heterocycles. The molecule has 0 atom stereocenters. The maximum atomic E-state index is 11.5. The first kappa shape index (κ1) is 12.3. The van der Waals surface area contributed by atoms with E-state index in [1.807, 2.05) is 18.4 Å². The fourth-order valence-corrected chi connectivity index (χ4v) is 1.46. The summed E-state index contributed by atoms with van der Waals surface area (Å²) < 4.78 is 7.04. The topological polar surface area (TPSA) is 73.1 Å². The Morgan fingerprint density at radius 2 is 2.06 bits per heavy atom. The minimum absolute atomic E-state index is 0.179. The monoisotopic (exact) mass is 249 g/mol. The van der Waals surface area contributed by atoms with E-state index in [0.29, 0.717) is 11.2 Å². The number of aromatic nitrogens is 4. The van der Waals surface area contributed by atoms with Gasteiger partial charge in [-0.3, -0.25) is 0 Å². The third kappa shape index (κ3) is 2.11. The first-order chi connectivity index (χ1) is 8.50. The molecule has 0 aliphatic heterocycles. The number of amides is 1. The lowest BCUT2D eigenvalue weighted by Crippen LogP contribution is -2.25. The molecule has 0 aromatic carbocycles. The van der Waals surface area contributed by atoms with Crippen molar-refractivity contribution in [3.05, 3.63) is 12.7 Å². The molecule has 0 saturated carbocycles. The van der Waals surface area contributed by atoms with Crippen molar-refractivity contribution in [3.8, 4) is 5.88 Å². The van der Waals surface area contributed by atoms with Gasteiger partial charge in [-0.2, -0.15) is 4.98 Å². The molecule has 0 N–H and O–H groups in total. The summed E-state index contributed by atoms with van der Waals surface area (Å²) in [7, 11) is 3.21. The van der Waals surface area contributed by atoms with Crippen LogP contribution in [0.4, 0.5) is 4.79 Å². The zero-order valence-corrected chi connectivity index (χ0v) is 10.8. The van der Waals surface area contributed by atoms with E-state index < -0.39 is 6.09 Å². The minimum Gasteiger partial charge on any atom is -0.389 e. The molecule has 7 nitrogen and oxygen atoms in total. The molecular formula is C11H15N5O2. The van der Waals surface area contributed by atoms with Gasteiger partial charge in [0.25, 0.3) is 5.88 Å². The van der Waals surface area contributed by atoms with E-state index in [-0.39, 0.29) is 11.9 Å². The van der Waals surface area contributed by atoms with Crippen LogP contribution in [-0.2, 0) is 0 Å². The van der Waals surface area contributed by atoms with Crippen molar-refractivity contribution in [3.63, 3.8) is 0 Å². The summed E-state index contributed by atoms with van der Waals surface area (Å²) >= 11 is 0. The van der Waals surface area contributed by atoms with Gasteiger partial charge < -0.3 is 14.2 Å². The second-order valence-electron chi connectivity index (χ2n) is 4.36. The van der Waals surface area contributed by atoms with Crippen LogP contribution in [0.15, 0.2) is 12.7 Å². The lowest BCUT2D eigenvalue weighted by atomic mass is 10.4. The molecule has 0 aliphatic rings. The molecule has 0 aliphatic carbocycles. The first-order valence-corrected chi connectivity index (χ1v) is 5.57. The summed E-state index contributed by atoms with van der Waals surface area (Å²) in [4.78, 5) is 25.1. The number of carbonyl (C=O) groups excluding carboxylic acids is 1. The van der Waals surface area contributed by atoms with E-state index in [1.165, 1.54) is 11.2 Å². The zero-order valence-electron chi connectivity index (χ0n) is 10.8. The van der Waals surface area contributed by atoms with Gasteiger partial charge in [-0.1, -0.05) is 0 Å². The van der Waals surface area contributed by atoms with Crippen molar-refractivity contribution in [2.45, 2.75) is 19.9 Å². The number of nitrogens with zero attached hydrogens (tertiary/aromatic N) is 5. The molecule has 0 saturated heterocycles. The van der Waals surface area contributed by atoms with Crippen LogP contribution in [0, 0.1) is 0 Å². The summed E-state index contributed by atoms with van der Waals surface area (Å²) in [5, 5.41) is 0. The zero-order chi connectivity index (χ0) is 13.3. The molecule has 96 valence electrons. The SMILES string of the molecule is CC(C)n1cnc2c(OC(=O)N(C)C)ncnc21. The van der Waals surface area contributed by atoms with Gasteiger partial charge in [0.1, 0.15) is 6.33 Å². The van der Waals surface area contributed by atoms with Gasteiger partial charge in [0.2, 0.25) is 0 Å². The number of fused-ring (bicyclic) bond motifs is 1. The van der Waals surface area contributed by atoms with Crippen LogP contribution in [0.3, 0.4) is 0 Å². The number of rotatable bonds is 2. The number of ether oxygens (including phenoxy) is 1. The van der Waals surface area contributed by atoms with Gasteiger partial charge in [-0.15, -0.1) is 0 Å². The van der Waals surface area contributed by atoms with E-state index in [4.69, 9.17) is 4.74 Å². The highest BCUT2D eigenvalue weighted by atomic mass is 16.6. The van der Waals surface area contributed by atoms with Crippen LogP contribution in [0.25, 0.3) is 11.2 Å². The molecule has 7 heteroatoms. The van der Waals surface area contributed by atoms with E-state index in [0.717, 1.165) is 0 Å². The number of imidazole rings is 1. The Labute approximate surface area is 104 Å². The van der Waals surface area contributed by atoms with E-state index in [1.54, 1.807) is 20.4 Å². The normalized spacial score (nSPS) is 10.9. The molecule has 1 amide bonds. The molecule has 2 heterocycles. The maximum absolute atomic E-state index is 11.5. The van der Waals surface area contributed by atoms with Gasteiger partial charge in [-0.05, 0) is 13.8 Å². The van der Waals surface area contributed by atoms with Crippen molar-refractivity contribution < 1.29 is 9.53 Å². The first-order valence-electron chi connectivity index (χ1n) is 5.57. The quantitative estimate of drug-likeness (QED) is 0.805. The van der Waals surface area contributed by atoms with E-state index in [2.05, 4.69) is 15.0 Å². The molecule has 2 aromatic rings. The van der Waals surface area contributed by atoms with Crippen LogP contribution < -0.4 is 4.74 Å². The Bertz CT molecular complexity index is 576. The second kappa shape index (κ2) is 4.59. The van der Waals surface area contributed by atoms with Crippen molar-refractivity contribution in [1.29, 1.82) is 0 Å². The Hall–Kier alpha value is -2.18. The standard InChI is InChI=1S/C11H15N5O2/c1-7(2)16-6-14-8-9(16)12-5-13-10(8)18-11(17)15(3)4/h5-7H,1-4H3. The van der Waals surface area contributed by atoms with Crippen LogP contribution in [-0.4, -0.2) is 44.6 Å². The van der Waals surface area contributed by atoms with Crippen LogP contribution in [0.5, 0.6) is 5.88 Å². The lowest BCUT2D eigenvalue weighted by Gasteiger charge is -2.10. The molecule has 0 spiro atoms. The predicted molar refractivity (Wildman–Crippen MR) is 65.4 cm³/mol. The Balaban J connectivity index is 2.44. The Morgan fingerprint density at radius 1 is 1.33 bits per heavy atom. The van der Waals surface area contributed by atoms with Crippen molar-refractivity contribution in [2.75, 3.05) is 14.1 Å². The lowest BCUT2D eigenvalue weighted by molar-refractivity contribution is 0.170. The largest absolute Gasteiger partial charge is 0.416 e. The Morgan fingerprint density at radius 3 is 2.67 bits per heavy atom. The summed E-state index contributed by atoms with van der Waals surface area (Å²) in [5.41, 5.74) is 1.14. The fourth-order valence-electron chi connectivity index (χ4n) is 1.46. The van der Waals surface area contributed by atoms with Crippen LogP contribution in [0.2, 0.25) is 0 Å².